The minimum absolute atomic E-state index is 0.0332. The fourth-order valence-corrected chi connectivity index (χ4v) is 1.59. The molecule has 0 saturated carbocycles. The molecule has 4 heteroatoms. The van der Waals surface area contributed by atoms with Crippen molar-refractivity contribution in [1.82, 2.24) is 9.97 Å². The van der Waals surface area contributed by atoms with Gasteiger partial charge in [-0.1, -0.05) is 12.1 Å². The molecular formula is C13H14N2O2. The van der Waals surface area contributed by atoms with Crippen LogP contribution in [0.1, 0.15) is 22.6 Å². The van der Waals surface area contributed by atoms with Gasteiger partial charge >= 0.3 is 0 Å². The van der Waals surface area contributed by atoms with Gasteiger partial charge in [-0.15, -0.1) is 0 Å². The van der Waals surface area contributed by atoms with E-state index < -0.39 is 0 Å². The second kappa shape index (κ2) is 5.30. The molecule has 0 unspecified atom stereocenters. The summed E-state index contributed by atoms with van der Waals surface area (Å²) in [6, 6.07) is 7.72. The van der Waals surface area contributed by atoms with Crippen LogP contribution in [-0.2, 0) is 6.42 Å². The van der Waals surface area contributed by atoms with Crippen LogP contribution in [0, 0.1) is 0 Å². The molecule has 0 aliphatic rings. The maximum atomic E-state index is 11.7. The predicted octanol–water partition coefficient (Wildman–Crippen LogP) is 2.23. The first-order valence-electron chi connectivity index (χ1n) is 5.45. The molecular weight excluding hydrogens is 216 g/mol. The number of carbonyl (C=O) groups excluding carboxylic acids is 1. The Morgan fingerprint density at radius 1 is 1.35 bits per heavy atom. The monoisotopic (exact) mass is 230 g/mol. The largest absolute Gasteiger partial charge is 0.497 e. The van der Waals surface area contributed by atoms with Gasteiger partial charge < -0.3 is 9.72 Å². The third-order valence-electron chi connectivity index (χ3n) is 2.56. The molecule has 1 aromatic carbocycles. The van der Waals surface area contributed by atoms with E-state index in [1.54, 1.807) is 19.5 Å². The lowest BCUT2D eigenvalue weighted by atomic mass is 10.1. The molecule has 0 atom stereocenters. The van der Waals surface area contributed by atoms with Crippen molar-refractivity contribution in [3.05, 3.63) is 48.0 Å². The quantitative estimate of drug-likeness (QED) is 0.801. The number of nitrogens with one attached hydrogen (secondary N) is 1. The number of methoxy groups -OCH3 is 1. The number of aromatic nitrogens is 2. The molecule has 0 spiro atoms. The highest BCUT2D eigenvalue weighted by Gasteiger charge is 2.07. The molecule has 17 heavy (non-hydrogen) atoms. The number of aryl methyl sites for hydroxylation is 1. The predicted molar refractivity (Wildman–Crippen MR) is 64.2 cm³/mol. The van der Waals surface area contributed by atoms with Crippen LogP contribution in [0.4, 0.5) is 0 Å². The second-order valence-corrected chi connectivity index (χ2v) is 3.71. The number of ketones is 1. The van der Waals surface area contributed by atoms with Gasteiger partial charge in [-0.3, -0.25) is 4.79 Å². The number of imidazole rings is 1. The van der Waals surface area contributed by atoms with Crippen LogP contribution in [-0.4, -0.2) is 22.9 Å². The van der Waals surface area contributed by atoms with Gasteiger partial charge in [-0.25, -0.2) is 4.98 Å². The summed E-state index contributed by atoms with van der Waals surface area (Å²) >= 11 is 0. The summed E-state index contributed by atoms with van der Waals surface area (Å²) in [7, 11) is 1.63. The van der Waals surface area contributed by atoms with Crippen LogP contribution >= 0.6 is 0 Å². The lowest BCUT2D eigenvalue weighted by Gasteiger charge is -2.02. The summed E-state index contributed by atoms with van der Waals surface area (Å²) in [5.41, 5.74) is 1.12. The Morgan fingerprint density at radius 2 is 2.12 bits per heavy atom. The Bertz CT molecular complexity index is 475. The van der Waals surface area contributed by atoms with Crippen molar-refractivity contribution < 1.29 is 9.53 Å². The average molecular weight is 230 g/mol. The number of hydrogen-bond acceptors (Lipinski definition) is 3. The van der Waals surface area contributed by atoms with Crippen LogP contribution in [0.3, 0.4) is 0 Å². The minimum Gasteiger partial charge on any atom is -0.497 e. The Labute approximate surface area is 99.7 Å². The van der Waals surface area contributed by atoms with Gasteiger partial charge in [0.05, 0.1) is 7.11 Å². The van der Waals surface area contributed by atoms with E-state index in [4.69, 9.17) is 4.74 Å². The fraction of sp³-hybridized carbons (Fsp3) is 0.231. The summed E-state index contributed by atoms with van der Waals surface area (Å²) in [4.78, 5) is 18.4. The Balaban J connectivity index is 1.91. The number of aromatic amines is 1. The molecule has 0 aliphatic heterocycles. The summed E-state index contributed by atoms with van der Waals surface area (Å²) < 4.78 is 5.07. The summed E-state index contributed by atoms with van der Waals surface area (Å²) in [5.74, 6) is 1.29. The highest BCUT2D eigenvalue weighted by molar-refractivity contribution is 5.92. The van der Waals surface area contributed by atoms with Crippen LogP contribution in [0.2, 0.25) is 0 Å². The zero-order valence-corrected chi connectivity index (χ0v) is 9.64. The molecule has 1 heterocycles. The van der Waals surface area contributed by atoms with Crippen molar-refractivity contribution in [2.45, 2.75) is 12.8 Å². The molecule has 0 bridgehead atoms. The number of ether oxygens (including phenoxy) is 1. The lowest BCUT2D eigenvalue weighted by molar-refractivity contribution is 0.0974. The van der Waals surface area contributed by atoms with Gasteiger partial charge in [0.25, 0.3) is 0 Å². The van der Waals surface area contributed by atoms with E-state index in [1.807, 2.05) is 24.3 Å². The minimum atomic E-state index is 0.0332. The van der Waals surface area contributed by atoms with E-state index in [9.17, 15) is 4.79 Å². The number of H-pyrrole nitrogens is 1. The second-order valence-electron chi connectivity index (χ2n) is 3.71. The highest BCUT2D eigenvalue weighted by Crippen LogP contribution is 2.13. The molecule has 0 amide bonds. The molecule has 1 N–H and O–H groups in total. The maximum absolute atomic E-state index is 11.7. The average Bonchev–Trinajstić information content (AvgIpc) is 2.90. The molecule has 0 radical (unpaired) electrons. The van der Waals surface area contributed by atoms with E-state index in [-0.39, 0.29) is 5.78 Å². The molecule has 0 aliphatic carbocycles. The summed E-state index contributed by atoms with van der Waals surface area (Å²) in [6.07, 6.45) is 4.41. The van der Waals surface area contributed by atoms with E-state index in [1.165, 1.54) is 0 Å². The van der Waals surface area contributed by atoms with E-state index in [2.05, 4.69) is 9.97 Å². The van der Waals surface area contributed by atoms with E-state index in [0.29, 0.717) is 18.7 Å². The molecule has 2 aromatic rings. The standard InChI is InChI=1S/C13H14N2O2/c1-17-11-5-2-10(3-6-11)4-7-12(16)13-14-8-9-15-13/h2-3,5-6,8-9H,4,7H2,1H3,(H,14,15). The first kappa shape index (κ1) is 11.4. The Kier molecular flexibility index (Phi) is 3.55. The van der Waals surface area contributed by atoms with Gasteiger partial charge in [0.1, 0.15) is 5.75 Å². The van der Waals surface area contributed by atoms with Gasteiger partial charge in [0.15, 0.2) is 11.6 Å². The number of hydrogen-bond donors (Lipinski definition) is 1. The van der Waals surface area contributed by atoms with Crippen molar-refractivity contribution >= 4 is 5.78 Å². The number of carbonyl (C=O) groups is 1. The zero-order chi connectivity index (χ0) is 12.1. The van der Waals surface area contributed by atoms with Gasteiger partial charge in [-0.2, -0.15) is 0 Å². The van der Waals surface area contributed by atoms with Crippen LogP contribution in [0.15, 0.2) is 36.7 Å². The van der Waals surface area contributed by atoms with Crippen molar-refractivity contribution in [2.24, 2.45) is 0 Å². The number of Topliss-reactive ketones (excluding diaryl/α,β-unsaturated/α-hetero) is 1. The first-order valence-corrected chi connectivity index (χ1v) is 5.45. The number of nitrogens with zero attached hydrogens (tertiary/aromatic N) is 1. The van der Waals surface area contributed by atoms with Gasteiger partial charge in [-0.05, 0) is 24.1 Å². The third kappa shape index (κ3) is 2.93. The SMILES string of the molecule is COc1ccc(CCC(=O)c2ncc[nH]2)cc1. The van der Waals surface area contributed by atoms with Crippen LogP contribution in [0.25, 0.3) is 0 Å². The Morgan fingerprint density at radius 3 is 2.71 bits per heavy atom. The summed E-state index contributed by atoms with van der Waals surface area (Å²) in [6.45, 7) is 0. The van der Waals surface area contributed by atoms with E-state index >= 15 is 0 Å². The molecule has 0 fully saturated rings. The molecule has 1 aromatic heterocycles. The highest BCUT2D eigenvalue weighted by atomic mass is 16.5. The first-order chi connectivity index (χ1) is 8.29. The van der Waals surface area contributed by atoms with Crippen molar-refractivity contribution in [3.63, 3.8) is 0 Å². The molecule has 4 nitrogen and oxygen atoms in total. The third-order valence-corrected chi connectivity index (χ3v) is 2.56. The van der Waals surface area contributed by atoms with Crippen LogP contribution < -0.4 is 4.74 Å². The fourth-order valence-electron chi connectivity index (χ4n) is 1.59. The van der Waals surface area contributed by atoms with Gasteiger partial charge in [0.2, 0.25) is 0 Å². The van der Waals surface area contributed by atoms with Gasteiger partial charge in [0, 0.05) is 18.8 Å². The number of rotatable bonds is 5. The smallest absolute Gasteiger partial charge is 0.198 e. The lowest BCUT2D eigenvalue weighted by Crippen LogP contribution is -2.03. The van der Waals surface area contributed by atoms with E-state index in [0.717, 1.165) is 11.3 Å². The van der Waals surface area contributed by atoms with Crippen molar-refractivity contribution in [1.29, 1.82) is 0 Å². The zero-order valence-electron chi connectivity index (χ0n) is 9.64. The molecule has 0 saturated heterocycles. The normalized spacial score (nSPS) is 10.2. The van der Waals surface area contributed by atoms with Crippen molar-refractivity contribution in [2.75, 3.05) is 7.11 Å². The molecule has 2 rings (SSSR count). The van der Waals surface area contributed by atoms with Crippen LogP contribution in [0.5, 0.6) is 5.75 Å². The maximum Gasteiger partial charge on any atom is 0.198 e. The topological polar surface area (TPSA) is 55.0 Å². The number of benzene rings is 1. The van der Waals surface area contributed by atoms with Crippen molar-refractivity contribution in [3.8, 4) is 5.75 Å². The Hall–Kier alpha value is -2.10. The molecule has 88 valence electrons. The summed E-state index contributed by atoms with van der Waals surface area (Å²) in [5, 5.41) is 0.